The van der Waals surface area contributed by atoms with E-state index in [2.05, 4.69) is 0 Å². The summed E-state index contributed by atoms with van der Waals surface area (Å²) in [6, 6.07) is 0.0439. The van der Waals surface area contributed by atoms with Gasteiger partial charge in [-0.25, -0.2) is 13.2 Å². The van der Waals surface area contributed by atoms with Crippen molar-refractivity contribution in [3.05, 3.63) is 0 Å². The van der Waals surface area contributed by atoms with E-state index < -0.39 is 9.84 Å². The van der Waals surface area contributed by atoms with Gasteiger partial charge in [0.05, 0.1) is 11.5 Å². The Hall–Kier alpha value is -0.780. The van der Waals surface area contributed by atoms with Crippen LogP contribution in [0.3, 0.4) is 0 Å². The molecule has 0 bridgehead atoms. The van der Waals surface area contributed by atoms with Crippen LogP contribution >= 0.6 is 0 Å². The number of rotatable bonds is 0. The monoisotopic (exact) mass is 272 g/mol. The maximum absolute atomic E-state index is 12.2. The number of hydrogen-bond donors (Lipinski definition) is 0. The second-order valence-electron chi connectivity index (χ2n) is 5.98. The molecule has 0 aromatic heterocycles. The third kappa shape index (κ3) is 2.11. The van der Waals surface area contributed by atoms with Crippen molar-refractivity contribution >= 4 is 15.9 Å². The molecule has 0 atom stereocenters. The number of carbonyl (C=O) groups is 1. The van der Waals surface area contributed by atoms with Crippen LogP contribution in [0.5, 0.6) is 0 Å². The van der Waals surface area contributed by atoms with Gasteiger partial charge in [-0.15, -0.1) is 0 Å². The van der Waals surface area contributed by atoms with E-state index in [1.165, 1.54) is 25.7 Å². The summed E-state index contributed by atoms with van der Waals surface area (Å²) in [5.74, 6) is 0.245. The fourth-order valence-electron chi connectivity index (χ4n) is 3.44. The Kier molecular flexibility index (Phi) is 2.80. The topological polar surface area (TPSA) is 57.7 Å². The smallest absolute Gasteiger partial charge is 0.320 e. The largest absolute Gasteiger partial charge is 0.323 e. The Labute approximate surface area is 108 Å². The van der Waals surface area contributed by atoms with Gasteiger partial charge in [0.25, 0.3) is 0 Å². The molecule has 0 aromatic rings. The maximum atomic E-state index is 12.2. The van der Waals surface area contributed by atoms with Gasteiger partial charge < -0.3 is 9.80 Å². The van der Waals surface area contributed by atoms with Crippen LogP contribution in [0.1, 0.15) is 25.7 Å². The highest BCUT2D eigenvalue weighted by Gasteiger charge is 2.47. The van der Waals surface area contributed by atoms with Gasteiger partial charge in [0.15, 0.2) is 9.84 Å². The highest BCUT2D eigenvalue weighted by atomic mass is 32.2. The number of sulfone groups is 1. The fraction of sp³-hybridized carbons (Fsp3) is 0.917. The first-order chi connectivity index (χ1) is 8.50. The highest BCUT2D eigenvalue weighted by Crippen LogP contribution is 2.45. The zero-order valence-electron chi connectivity index (χ0n) is 10.6. The van der Waals surface area contributed by atoms with Gasteiger partial charge in [0, 0.05) is 31.6 Å². The molecule has 2 amide bonds. The van der Waals surface area contributed by atoms with E-state index in [0.29, 0.717) is 18.5 Å². The van der Waals surface area contributed by atoms with Crippen molar-refractivity contribution in [2.75, 3.05) is 37.7 Å². The van der Waals surface area contributed by atoms with Crippen LogP contribution in [-0.4, -0.2) is 61.9 Å². The Bertz CT molecular complexity index is 432. The number of urea groups is 1. The number of hydrogen-bond acceptors (Lipinski definition) is 3. The van der Waals surface area contributed by atoms with Gasteiger partial charge in [-0.05, 0) is 12.8 Å². The molecular formula is C12H20N2O3S. The third-order valence-electron chi connectivity index (χ3n) is 4.60. The van der Waals surface area contributed by atoms with Crippen molar-refractivity contribution in [2.45, 2.75) is 25.7 Å². The molecule has 6 heteroatoms. The molecule has 102 valence electrons. The maximum Gasteiger partial charge on any atom is 0.320 e. The van der Waals surface area contributed by atoms with Crippen LogP contribution < -0.4 is 0 Å². The number of likely N-dealkylation sites (tertiary alicyclic amines) is 1. The minimum absolute atomic E-state index is 0.0439. The van der Waals surface area contributed by atoms with Crippen molar-refractivity contribution in [1.82, 2.24) is 9.80 Å². The minimum Gasteiger partial charge on any atom is -0.323 e. The van der Waals surface area contributed by atoms with Gasteiger partial charge >= 0.3 is 6.03 Å². The van der Waals surface area contributed by atoms with Crippen molar-refractivity contribution in [3.63, 3.8) is 0 Å². The van der Waals surface area contributed by atoms with Gasteiger partial charge in [-0.2, -0.15) is 0 Å². The predicted molar refractivity (Wildman–Crippen MR) is 68.1 cm³/mol. The first-order valence-electron chi connectivity index (χ1n) is 6.74. The van der Waals surface area contributed by atoms with Gasteiger partial charge in [0.2, 0.25) is 0 Å². The average molecular weight is 272 g/mol. The Morgan fingerprint density at radius 1 is 0.944 bits per heavy atom. The molecule has 1 aliphatic carbocycles. The zero-order valence-corrected chi connectivity index (χ0v) is 11.4. The Morgan fingerprint density at radius 2 is 1.50 bits per heavy atom. The fourth-order valence-corrected chi connectivity index (χ4v) is 4.64. The molecule has 2 heterocycles. The molecule has 1 saturated carbocycles. The minimum atomic E-state index is -2.90. The summed E-state index contributed by atoms with van der Waals surface area (Å²) in [5.41, 5.74) is 0.414. The first kappa shape index (κ1) is 12.3. The second-order valence-corrected chi connectivity index (χ2v) is 8.29. The van der Waals surface area contributed by atoms with Crippen LogP contribution in [-0.2, 0) is 9.84 Å². The van der Waals surface area contributed by atoms with Crippen molar-refractivity contribution in [3.8, 4) is 0 Å². The van der Waals surface area contributed by atoms with Crippen LogP contribution in [0.4, 0.5) is 4.79 Å². The first-order valence-corrected chi connectivity index (χ1v) is 8.56. The molecule has 1 spiro atoms. The van der Waals surface area contributed by atoms with E-state index in [-0.39, 0.29) is 17.5 Å². The van der Waals surface area contributed by atoms with E-state index in [9.17, 15) is 13.2 Å². The lowest BCUT2D eigenvalue weighted by Crippen LogP contribution is -2.61. The molecule has 18 heavy (non-hydrogen) atoms. The summed E-state index contributed by atoms with van der Waals surface area (Å²) in [5, 5.41) is 0. The zero-order chi connectivity index (χ0) is 12.8. The molecule has 3 rings (SSSR count). The Morgan fingerprint density at radius 3 is 2.06 bits per heavy atom. The predicted octanol–water partition coefficient (Wildman–Crippen LogP) is 0.713. The summed E-state index contributed by atoms with van der Waals surface area (Å²) >= 11 is 0. The third-order valence-corrected chi connectivity index (χ3v) is 6.21. The number of carbonyl (C=O) groups excluding carboxylic acids is 1. The lowest BCUT2D eigenvalue weighted by Gasteiger charge is -2.50. The molecule has 5 nitrogen and oxygen atoms in total. The van der Waals surface area contributed by atoms with E-state index in [1.807, 2.05) is 4.90 Å². The highest BCUT2D eigenvalue weighted by molar-refractivity contribution is 7.91. The molecule has 3 aliphatic rings. The van der Waals surface area contributed by atoms with E-state index in [0.717, 1.165) is 13.1 Å². The summed E-state index contributed by atoms with van der Waals surface area (Å²) < 4.78 is 22.6. The molecular weight excluding hydrogens is 252 g/mol. The summed E-state index contributed by atoms with van der Waals surface area (Å²) in [7, 11) is -2.90. The lowest BCUT2D eigenvalue weighted by molar-refractivity contribution is 0.0225. The summed E-state index contributed by atoms with van der Waals surface area (Å²) in [6.07, 6.45) is 5.10. The standard InChI is InChI=1S/C12H20N2O3S/c15-11(13-5-7-18(16,17)8-6-13)14-9-12(10-14)3-1-2-4-12/h1-10H2. The number of amides is 2. The molecule has 0 N–H and O–H groups in total. The quantitative estimate of drug-likeness (QED) is 0.652. The number of nitrogens with zero attached hydrogens (tertiary/aromatic N) is 2. The molecule has 0 unspecified atom stereocenters. The van der Waals surface area contributed by atoms with Crippen molar-refractivity contribution in [1.29, 1.82) is 0 Å². The van der Waals surface area contributed by atoms with Crippen LogP contribution in [0.25, 0.3) is 0 Å². The molecule has 0 aromatic carbocycles. The van der Waals surface area contributed by atoms with Crippen molar-refractivity contribution in [2.24, 2.45) is 5.41 Å². The van der Waals surface area contributed by atoms with E-state index >= 15 is 0 Å². The van der Waals surface area contributed by atoms with Crippen molar-refractivity contribution < 1.29 is 13.2 Å². The normalized spacial score (nSPS) is 29.3. The van der Waals surface area contributed by atoms with Gasteiger partial charge in [-0.3, -0.25) is 0 Å². The second kappa shape index (κ2) is 4.11. The average Bonchev–Trinajstić information content (AvgIpc) is 2.75. The van der Waals surface area contributed by atoms with E-state index in [1.54, 1.807) is 4.90 Å². The van der Waals surface area contributed by atoms with Crippen LogP contribution in [0, 0.1) is 5.41 Å². The van der Waals surface area contributed by atoms with Crippen LogP contribution in [0.2, 0.25) is 0 Å². The Balaban J connectivity index is 1.54. The van der Waals surface area contributed by atoms with Gasteiger partial charge in [0.1, 0.15) is 0 Å². The molecule has 2 aliphatic heterocycles. The SMILES string of the molecule is O=C(N1CCS(=O)(=O)CC1)N1CC2(CCCC2)C1. The molecule has 3 fully saturated rings. The molecule has 0 radical (unpaired) electrons. The van der Waals surface area contributed by atoms with E-state index in [4.69, 9.17) is 0 Å². The lowest BCUT2D eigenvalue weighted by atomic mass is 9.78. The summed E-state index contributed by atoms with van der Waals surface area (Å²) in [4.78, 5) is 15.8. The summed E-state index contributed by atoms with van der Waals surface area (Å²) in [6.45, 7) is 2.50. The molecule has 2 saturated heterocycles. The van der Waals surface area contributed by atoms with Crippen LogP contribution in [0.15, 0.2) is 0 Å². The van der Waals surface area contributed by atoms with Gasteiger partial charge in [-0.1, -0.05) is 12.8 Å².